The molecule has 5 nitrogen and oxygen atoms in total. The molecule has 0 amide bonds. The van der Waals surface area contributed by atoms with Crippen molar-refractivity contribution in [3.8, 4) is 0 Å². The van der Waals surface area contributed by atoms with E-state index >= 15 is 0 Å². The third kappa shape index (κ3) is 2.55. The number of fused-ring (bicyclic) bond motifs is 1. The van der Waals surface area contributed by atoms with Gasteiger partial charge >= 0.3 is 5.97 Å². The summed E-state index contributed by atoms with van der Waals surface area (Å²) in [5.74, 6) is -0.860. The summed E-state index contributed by atoms with van der Waals surface area (Å²) in [6.45, 7) is 1.63. The summed E-state index contributed by atoms with van der Waals surface area (Å²) in [6.07, 6.45) is 2.71. The van der Waals surface area contributed by atoms with Gasteiger partial charge in [0, 0.05) is 17.8 Å². The second-order valence-electron chi connectivity index (χ2n) is 4.43. The van der Waals surface area contributed by atoms with Gasteiger partial charge in [-0.15, -0.1) is 0 Å². The zero-order valence-electron chi connectivity index (χ0n) is 9.69. The first kappa shape index (κ1) is 11.9. The topological polar surface area (TPSA) is 82.2 Å². The molecule has 1 aliphatic carbocycles. The molecular formula is C12H16N2O3. The summed E-state index contributed by atoms with van der Waals surface area (Å²) in [5.41, 5.74) is 1.85. The average molecular weight is 236 g/mol. The molecule has 2 rings (SSSR count). The zero-order chi connectivity index (χ0) is 12.4. The van der Waals surface area contributed by atoms with Crippen molar-refractivity contribution >= 4 is 5.97 Å². The van der Waals surface area contributed by atoms with Gasteiger partial charge in [0.1, 0.15) is 6.04 Å². The number of carboxylic acids is 1. The Balaban J connectivity index is 2.23. The number of carbonyl (C=O) groups is 1. The van der Waals surface area contributed by atoms with Crippen molar-refractivity contribution in [3.63, 3.8) is 0 Å². The smallest absolute Gasteiger partial charge is 0.320 e. The van der Waals surface area contributed by atoms with E-state index in [2.05, 4.69) is 10.3 Å². The second kappa shape index (κ2) is 4.71. The van der Waals surface area contributed by atoms with E-state index in [4.69, 9.17) is 5.11 Å². The molecule has 0 aliphatic heterocycles. The maximum absolute atomic E-state index is 11.2. The number of carboxylic acid groups (broad SMARTS) is 1. The lowest BCUT2D eigenvalue weighted by Gasteiger charge is -2.27. The minimum atomic E-state index is -0.860. The molecule has 0 spiro atoms. The Morgan fingerprint density at radius 1 is 1.59 bits per heavy atom. The summed E-state index contributed by atoms with van der Waals surface area (Å²) in [5, 5.41) is 12.0. The van der Waals surface area contributed by atoms with Gasteiger partial charge in [0.25, 0.3) is 0 Å². The first-order chi connectivity index (χ1) is 8.08. The number of hydrogen-bond donors (Lipinski definition) is 3. The van der Waals surface area contributed by atoms with Crippen molar-refractivity contribution in [2.75, 3.05) is 0 Å². The normalized spacial score (nSPS) is 20.6. The second-order valence-corrected chi connectivity index (χ2v) is 4.43. The lowest BCUT2D eigenvalue weighted by atomic mass is 9.91. The lowest BCUT2D eigenvalue weighted by molar-refractivity contribution is -0.139. The van der Waals surface area contributed by atoms with Crippen LogP contribution < -0.4 is 10.9 Å². The quantitative estimate of drug-likeness (QED) is 0.725. The van der Waals surface area contributed by atoms with E-state index in [9.17, 15) is 9.59 Å². The summed E-state index contributed by atoms with van der Waals surface area (Å²) >= 11 is 0. The van der Waals surface area contributed by atoms with Crippen LogP contribution in [0.2, 0.25) is 0 Å². The summed E-state index contributed by atoms with van der Waals surface area (Å²) in [7, 11) is 0. The highest BCUT2D eigenvalue weighted by molar-refractivity contribution is 5.72. The number of nitrogens with one attached hydrogen (secondary N) is 2. The first-order valence-corrected chi connectivity index (χ1v) is 5.79. The highest BCUT2D eigenvalue weighted by Gasteiger charge is 2.23. The number of aromatic amines is 1. The Kier molecular flexibility index (Phi) is 3.28. The minimum Gasteiger partial charge on any atom is -0.480 e. The molecule has 0 fully saturated rings. The molecule has 5 heteroatoms. The third-order valence-electron chi connectivity index (χ3n) is 3.15. The van der Waals surface area contributed by atoms with Crippen molar-refractivity contribution < 1.29 is 9.90 Å². The maximum atomic E-state index is 11.2. The predicted octanol–water partition coefficient (Wildman–Crippen LogP) is 0.815. The molecule has 1 heterocycles. The minimum absolute atomic E-state index is 0.0155. The van der Waals surface area contributed by atoms with Gasteiger partial charge in [-0.3, -0.25) is 14.9 Å². The number of H-pyrrole nitrogens is 1. The van der Waals surface area contributed by atoms with E-state index in [0.29, 0.717) is 0 Å². The molecule has 0 aromatic carbocycles. The Bertz CT molecular complexity index is 481. The zero-order valence-corrected chi connectivity index (χ0v) is 9.69. The molecule has 0 radical (unpaired) electrons. The van der Waals surface area contributed by atoms with Gasteiger partial charge in [-0.05, 0) is 31.7 Å². The standard InChI is InChI=1S/C12H16N2O3/c1-7(12(16)17)13-9-3-2-4-10-8(9)5-6-11(15)14-10/h5-7,9,13H,2-4H2,1H3,(H,14,15)(H,16,17)/t7-,9?/m1/s1. The lowest BCUT2D eigenvalue weighted by Crippen LogP contribution is -2.38. The molecule has 0 saturated carbocycles. The van der Waals surface area contributed by atoms with Crippen molar-refractivity contribution in [2.45, 2.75) is 38.3 Å². The SMILES string of the molecule is C[C@@H](NC1CCCc2[nH]c(=O)ccc21)C(=O)O. The Hall–Kier alpha value is -1.62. The number of hydrogen-bond acceptors (Lipinski definition) is 3. The van der Waals surface area contributed by atoms with Crippen molar-refractivity contribution in [1.29, 1.82) is 0 Å². The average Bonchev–Trinajstić information content (AvgIpc) is 2.28. The number of rotatable bonds is 3. The van der Waals surface area contributed by atoms with Gasteiger partial charge in [-0.2, -0.15) is 0 Å². The van der Waals surface area contributed by atoms with Crippen LogP contribution in [0.25, 0.3) is 0 Å². The van der Waals surface area contributed by atoms with Crippen LogP contribution in [0.15, 0.2) is 16.9 Å². The van der Waals surface area contributed by atoms with E-state index in [1.165, 1.54) is 6.07 Å². The molecular weight excluding hydrogens is 220 g/mol. The molecule has 2 atom stereocenters. The fraction of sp³-hybridized carbons (Fsp3) is 0.500. The van der Waals surface area contributed by atoms with E-state index in [0.717, 1.165) is 30.5 Å². The molecule has 1 aliphatic rings. The number of pyridine rings is 1. The largest absolute Gasteiger partial charge is 0.480 e. The van der Waals surface area contributed by atoms with Crippen LogP contribution in [0, 0.1) is 0 Å². The van der Waals surface area contributed by atoms with E-state index in [1.54, 1.807) is 13.0 Å². The van der Waals surface area contributed by atoms with Crippen LogP contribution in [-0.2, 0) is 11.2 Å². The first-order valence-electron chi connectivity index (χ1n) is 5.79. The van der Waals surface area contributed by atoms with Crippen molar-refractivity contribution in [3.05, 3.63) is 33.7 Å². The molecule has 3 N–H and O–H groups in total. The Labute approximate surface area is 98.9 Å². The summed E-state index contributed by atoms with van der Waals surface area (Å²) < 4.78 is 0. The van der Waals surface area contributed by atoms with Gasteiger partial charge in [0.15, 0.2) is 0 Å². The number of aromatic nitrogens is 1. The van der Waals surface area contributed by atoms with Crippen molar-refractivity contribution in [2.24, 2.45) is 0 Å². The fourth-order valence-electron chi connectivity index (χ4n) is 2.25. The highest BCUT2D eigenvalue weighted by atomic mass is 16.4. The van der Waals surface area contributed by atoms with Crippen LogP contribution >= 0.6 is 0 Å². The Morgan fingerprint density at radius 2 is 2.35 bits per heavy atom. The van der Waals surface area contributed by atoms with Gasteiger partial charge in [0.2, 0.25) is 5.56 Å². The molecule has 1 aromatic heterocycles. The Morgan fingerprint density at radius 3 is 3.06 bits per heavy atom. The van der Waals surface area contributed by atoms with E-state index in [1.807, 2.05) is 0 Å². The third-order valence-corrected chi connectivity index (χ3v) is 3.15. The van der Waals surface area contributed by atoms with Gasteiger partial charge in [-0.1, -0.05) is 6.07 Å². The molecule has 1 unspecified atom stereocenters. The number of aryl methyl sites for hydroxylation is 1. The number of aliphatic carboxylic acids is 1. The molecule has 17 heavy (non-hydrogen) atoms. The molecule has 0 bridgehead atoms. The van der Waals surface area contributed by atoms with Crippen LogP contribution in [0.3, 0.4) is 0 Å². The van der Waals surface area contributed by atoms with Crippen LogP contribution in [0.4, 0.5) is 0 Å². The fourth-order valence-corrected chi connectivity index (χ4v) is 2.25. The molecule has 0 saturated heterocycles. The van der Waals surface area contributed by atoms with E-state index < -0.39 is 12.0 Å². The maximum Gasteiger partial charge on any atom is 0.320 e. The van der Waals surface area contributed by atoms with Gasteiger partial charge in [-0.25, -0.2) is 0 Å². The molecule has 92 valence electrons. The van der Waals surface area contributed by atoms with Gasteiger partial charge in [0.05, 0.1) is 0 Å². The van der Waals surface area contributed by atoms with Crippen molar-refractivity contribution in [1.82, 2.24) is 10.3 Å². The van der Waals surface area contributed by atoms with Gasteiger partial charge < -0.3 is 10.1 Å². The molecule has 1 aromatic rings. The monoisotopic (exact) mass is 236 g/mol. The van der Waals surface area contributed by atoms with Crippen LogP contribution in [0.1, 0.15) is 37.1 Å². The highest BCUT2D eigenvalue weighted by Crippen LogP contribution is 2.27. The summed E-state index contributed by atoms with van der Waals surface area (Å²) in [4.78, 5) is 24.8. The van der Waals surface area contributed by atoms with E-state index in [-0.39, 0.29) is 11.6 Å². The van der Waals surface area contributed by atoms with Crippen LogP contribution in [-0.4, -0.2) is 22.1 Å². The predicted molar refractivity (Wildman–Crippen MR) is 63.0 cm³/mol. The van der Waals surface area contributed by atoms with Crippen LogP contribution in [0.5, 0.6) is 0 Å². The summed E-state index contributed by atoms with van der Waals surface area (Å²) in [6, 6.07) is 2.71.